The zero-order valence-electron chi connectivity index (χ0n) is 12.9. The number of nitrogens with zero attached hydrogens (tertiary/aromatic N) is 2. The number of dihydropyridines is 1. The van der Waals surface area contributed by atoms with Crippen LogP contribution in [0.4, 0.5) is 5.69 Å². The van der Waals surface area contributed by atoms with Gasteiger partial charge in [-0.2, -0.15) is 5.26 Å². The summed E-state index contributed by atoms with van der Waals surface area (Å²) in [6, 6.07) is 6.58. The molecule has 3 rings (SSSR count). The summed E-state index contributed by atoms with van der Waals surface area (Å²) in [6.07, 6.45) is 1.90. The Kier molecular flexibility index (Phi) is 4.12. The average Bonchev–Trinajstić information content (AvgIpc) is 2.54. The highest BCUT2D eigenvalue weighted by atomic mass is 35.5. The lowest BCUT2D eigenvalue weighted by Gasteiger charge is -2.32. The molecule has 7 heteroatoms. The molecule has 1 atom stereocenters. The van der Waals surface area contributed by atoms with Crippen molar-refractivity contribution in [3.8, 4) is 6.07 Å². The Hall–Kier alpha value is -2.65. The summed E-state index contributed by atoms with van der Waals surface area (Å²) < 4.78 is 0. The number of nitro groups is 1. The minimum atomic E-state index is -0.588. The molecule has 122 valence electrons. The lowest BCUT2D eigenvalue weighted by Crippen LogP contribution is -2.31. The van der Waals surface area contributed by atoms with Crippen LogP contribution < -0.4 is 5.32 Å². The number of nitriles is 1. The molecule has 0 bridgehead atoms. The number of ketones is 1. The van der Waals surface area contributed by atoms with Gasteiger partial charge in [-0.3, -0.25) is 14.9 Å². The first-order chi connectivity index (χ1) is 11.4. The molecule has 0 spiro atoms. The number of carbonyl (C=O) groups excluding carboxylic acids is 1. The third-order valence-electron chi connectivity index (χ3n) is 4.40. The van der Waals surface area contributed by atoms with Crippen molar-refractivity contribution in [2.75, 3.05) is 0 Å². The molecule has 1 aliphatic carbocycles. The van der Waals surface area contributed by atoms with E-state index in [2.05, 4.69) is 11.4 Å². The van der Waals surface area contributed by atoms with Crippen LogP contribution in [-0.4, -0.2) is 10.7 Å². The predicted molar refractivity (Wildman–Crippen MR) is 88.2 cm³/mol. The molecule has 24 heavy (non-hydrogen) atoms. The van der Waals surface area contributed by atoms with Gasteiger partial charge in [0.25, 0.3) is 5.69 Å². The fraction of sp³-hybridized carbons (Fsp3) is 0.294. The maximum Gasteiger partial charge on any atom is 0.288 e. The highest BCUT2D eigenvalue weighted by Gasteiger charge is 2.36. The van der Waals surface area contributed by atoms with Crippen molar-refractivity contribution in [2.45, 2.75) is 32.1 Å². The van der Waals surface area contributed by atoms with E-state index in [4.69, 9.17) is 11.6 Å². The highest BCUT2D eigenvalue weighted by molar-refractivity contribution is 6.32. The molecule has 1 aliphatic heterocycles. The molecule has 0 radical (unpaired) electrons. The first kappa shape index (κ1) is 16.2. The lowest BCUT2D eigenvalue weighted by molar-refractivity contribution is -0.384. The Morgan fingerprint density at radius 2 is 2.17 bits per heavy atom. The summed E-state index contributed by atoms with van der Waals surface area (Å²) in [5.74, 6) is -0.610. The van der Waals surface area contributed by atoms with Gasteiger partial charge in [-0.1, -0.05) is 17.7 Å². The maximum atomic E-state index is 12.5. The number of allylic oxidation sites excluding steroid dienone is 4. The van der Waals surface area contributed by atoms with Crippen LogP contribution >= 0.6 is 11.6 Å². The third kappa shape index (κ3) is 2.57. The Morgan fingerprint density at radius 1 is 1.42 bits per heavy atom. The van der Waals surface area contributed by atoms with Gasteiger partial charge < -0.3 is 5.32 Å². The van der Waals surface area contributed by atoms with E-state index in [1.165, 1.54) is 12.1 Å². The van der Waals surface area contributed by atoms with Crippen LogP contribution in [0.15, 0.2) is 40.7 Å². The molecule has 0 unspecified atom stereocenters. The Morgan fingerprint density at radius 3 is 2.83 bits per heavy atom. The van der Waals surface area contributed by atoms with Gasteiger partial charge in [0, 0.05) is 29.5 Å². The van der Waals surface area contributed by atoms with Crippen molar-refractivity contribution < 1.29 is 9.72 Å². The first-order valence-corrected chi connectivity index (χ1v) is 7.89. The number of halogens is 1. The van der Waals surface area contributed by atoms with Gasteiger partial charge in [0.1, 0.15) is 5.02 Å². The quantitative estimate of drug-likeness (QED) is 0.651. The predicted octanol–water partition coefficient (Wildman–Crippen LogP) is 3.74. The fourth-order valence-electron chi connectivity index (χ4n) is 3.31. The topological polar surface area (TPSA) is 96.0 Å². The van der Waals surface area contributed by atoms with Crippen molar-refractivity contribution in [1.29, 1.82) is 5.26 Å². The van der Waals surface area contributed by atoms with Crippen molar-refractivity contribution in [3.05, 3.63) is 61.4 Å². The molecule has 1 aromatic rings. The Balaban J connectivity index is 2.21. The van der Waals surface area contributed by atoms with Crippen LogP contribution in [-0.2, 0) is 4.79 Å². The summed E-state index contributed by atoms with van der Waals surface area (Å²) in [4.78, 5) is 23.1. The number of benzene rings is 1. The number of carbonyl (C=O) groups is 1. The molecule has 1 aromatic carbocycles. The van der Waals surface area contributed by atoms with E-state index < -0.39 is 10.8 Å². The minimum Gasteiger partial charge on any atom is -0.361 e. The zero-order chi connectivity index (χ0) is 17.4. The van der Waals surface area contributed by atoms with Crippen LogP contribution in [0.3, 0.4) is 0 Å². The fourth-order valence-corrected chi connectivity index (χ4v) is 3.50. The highest BCUT2D eigenvalue weighted by Crippen LogP contribution is 2.43. The Bertz CT molecular complexity index is 864. The summed E-state index contributed by atoms with van der Waals surface area (Å²) in [6.45, 7) is 1.78. The molecule has 0 aromatic heterocycles. The smallest absolute Gasteiger partial charge is 0.288 e. The number of nitrogens with one attached hydrogen (secondary N) is 1. The van der Waals surface area contributed by atoms with Crippen molar-refractivity contribution >= 4 is 23.1 Å². The van der Waals surface area contributed by atoms with E-state index in [9.17, 15) is 20.2 Å². The van der Waals surface area contributed by atoms with Crippen molar-refractivity contribution in [3.63, 3.8) is 0 Å². The molecule has 0 amide bonds. The van der Waals surface area contributed by atoms with Crippen LogP contribution in [0.1, 0.15) is 37.7 Å². The first-order valence-electron chi connectivity index (χ1n) is 7.52. The van der Waals surface area contributed by atoms with Crippen LogP contribution in [0.5, 0.6) is 0 Å². The van der Waals surface area contributed by atoms with Gasteiger partial charge in [-0.05, 0) is 31.4 Å². The molecule has 6 nitrogen and oxygen atoms in total. The molecule has 2 aliphatic rings. The molecular formula is C17H14ClN3O3. The van der Waals surface area contributed by atoms with Gasteiger partial charge in [0.05, 0.1) is 22.5 Å². The third-order valence-corrected chi connectivity index (χ3v) is 4.72. The zero-order valence-corrected chi connectivity index (χ0v) is 13.7. The van der Waals surface area contributed by atoms with Gasteiger partial charge in [0.2, 0.25) is 0 Å². The van der Waals surface area contributed by atoms with Crippen LogP contribution in [0, 0.1) is 21.4 Å². The minimum absolute atomic E-state index is 0.0217. The number of hydrogen-bond acceptors (Lipinski definition) is 5. The van der Waals surface area contributed by atoms with E-state index in [-0.39, 0.29) is 16.5 Å². The second-order valence-corrected chi connectivity index (χ2v) is 6.25. The molecule has 1 N–H and O–H groups in total. The molecular weight excluding hydrogens is 330 g/mol. The van der Waals surface area contributed by atoms with E-state index in [1.807, 2.05) is 0 Å². The normalized spacial score (nSPS) is 20.4. The van der Waals surface area contributed by atoms with Gasteiger partial charge in [-0.25, -0.2) is 0 Å². The molecule has 0 saturated carbocycles. The number of rotatable bonds is 2. The van der Waals surface area contributed by atoms with Gasteiger partial charge >= 0.3 is 0 Å². The van der Waals surface area contributed by atoms with E-state index in [1.54, 1.807) is 13.0 Å². The second-order valence-electron chi connectivity index (χ2n) is 5.85. The van der Waals surface area contributed by atoms with E-state index in [0.717, 1.165) is 18.5 Å². The number of Topliss-reactive ketones (excluding diaryl/α,β-unsaturated/α-hetero) is 1. The summed E-state index contributed by atoms with van der Waals surface area (Å²) in [5, 5.41) is 23.9. The van der Waals surface area contributed by atoms with Gasteiger partial charge in [-0.15, -0.1) is 0 Å². The molecule has 1 heterocycles. The largest absolute Gasteiger partial charge is 0.361 e. The number of nitro benzene ring substituents is 1. The van der Waals surface area contributed by atoms with Crippen LogP contribution in [0.2, 0.25) is 5.02 Å². The van der Waals surface area contributed by atoms with E-state index >= 15 is 0 Å². The van der Waals surface area contributed by atoms with Gasteiger partial charge in [0.15, 0.2) is 5.78 Å². The summed E-state index contributed by atoms with van der Waals surface area (Å²) in [7, 11) is 0. The monoisotopic (exact) mass is 343 g/mol. The average molecular weight is 344 g/mol. The second kappa shape index (κ2) is 6.10. The standard InChI is InChI=1S/C17H14ClN3O3/c1-9-11(8-19)16(17-13(20-9)3-2-4-15(17)22)10-5-6-12(18)14(7-10)21(23)24/h5-7,16,20H,2-4H2,1H3/t16-/m1/s1. The van der Waals surface area contributed by atoms with Crippen molar-refractivity contribution in [2.24, 2.45) is 0 Å². The Labute approximate surface area is 143 Å². The maximum absolute atomic E-state index is 12.5. The molecule has 0 saturated heterocycles. The molecule has 0 fully saturated rings. The summed E-state index contributed by atoms with van der Waals surface area (Å²) >= 11 is 5.89. The number of hydrogen-bond donors (Lipinski definition) is 1. The SMILES string of the molecule is CC1=C(C#N)[C@@H](c2ccc(Cl)c([N+](=O)[O-])c2)C2=C(CCCC2=O)N1. The lowest BCUT2D eigenvalue weighted by atomic mass is 9.75. The summed E-state index contributed by atoms with van der Waals surface area (Å²) in [5.41, 5.74) is 2.74. The van der Waals surface area contributed by atoms with E-state index in [0.29, 0.717) is 28.8 Å². The van der Waals surface area contributed by atoms with Crippen molar-refractivity contribution in [1.82, 2.24) is 5.32 Å². The van der Waals surface area contributed by atoms with Crippen LogP contribution in [0.25, 0.3) is 0 Å².